The van der Waals surface area contributed by atoms with Crippen molar-refractivity contribution >= 4 is 11.7 Å². The zero-order valence-corrected chi connectivity index (χ0v) is 17.8. The van der Waals surface area contributed by atoms with Gasteiger partial charge in [-0.05, 0) is 31.2 Å². The van der Waals surface area contributed by atoms with Crippen LogP contribution in [0.2, 0.25) is 0 Å². The van der Waals surface area contributed by atoms with Crippen LogP contribution < -0.4 is 10.2 Å². The van der Waals surface area contributed by atoms with Gasteiger partial charge in [-0.1, -0.05) is 30.3 Å². The summed E-state index contributed by atoms with van der Waals surface area (Å²) in [4.78, 5) is 43.7. The highest BCUT2D eigenvalue weighted by molar-refractivity contribution is 6.00. The van der Waals surface area contributed by atoms with Gasteiger partial charge in [-0.15, -0.1) is 0 Å². The van der Waals surface area contributed by atoms with Crippen molar-refractivity contribution in [3.05, 3.63) is 63.6 Å². The monoisotopic (exact) mass is 421 g/mol. The molecule has 162 valence electrons. The number of ketones is 1. The molecule has 0 N–H and O–H groups in total. The van der Waals surface area contributed by atoms with Gasteiger partial charge in [0.1, 0.15) is 6.17 Å². The Morgan fingerprint density at radius 2 is 1.94 bits per heavy atom. The van der Waals surface area contributed by atoms with E-state index < -0.39 is 5.43 Å². The maximum absolute atomic E-state index is 13.3. The van der Waals surface area contributed by atoms with Gasteiger partial charge >= 0.3 is 0 Å². The Balaban J connectivity index is 1.48. The fourth-order valence-corrected chi connectivity index (χ4v) is 5.36. The second-order valence-electron chi connectivity index (χ2n) is 8.62. The van der Waals surface area contributed by atoms with E-state index in [1.807, 2.05) is 35.2 Å². The Bertz CT molecular complexity index is 1080. The molecular weight excluding hydrogens is 394 g/mol. The summed E-state index contributed by atoms with van der Waals surface area (Å²) in [5.74, 6) is -0.420. The lowest BCUT2D eigenvalue weighted by Crippen LogP contribution is -2.62. The molecule has 1 aromatic carbocycles. The van der Waals surface area contributed by atoms with Crippen molar-refractivity contribution in [3.63, 3.8) is 0 Å². The lowest BCUT2D eigenvalue weighted by Gasteiger charge is -2.48. The highest BCUT2D eigenvalue weighted by atomic mass is 16.5. The number of hydrogen-bond donors (Lipinski definition) is 0. The molecular formula is C24H27N3O4. The third kappa shape index (κ3) is 3.37. The number of benzene rings is 1. The number of methoxy groups -OCH3 is 1. The van der Waals surface area contributed by atoms with E-state index in [9.17, 15) is 14.4 Å². The lowest BCUT2D eigenvalue weighted by atomic mass is 10.0. The molecule has 1 aromatic heterocycles. The molecule has 2 saturated heterocycles. The standard InChI is InChI=1S/C24H27N3O4/c1-31-23-21-24(30)27-13-11-17-8-5-12-26(17)20(27)15-25(21)14-18(22(23)29)19(28)10-9-16-6-3-2-4-7-16/h2-4,6-7,14,17,20H,5,8-13,15H2,1H3/t17-,20-/m0/s1. The van der Waals surface area contributed by atoms with Crippen LogP contribution in [-0.2, 0) is 13.0 Å². The van der Waals surface area contributed by atoms with Gasteiger partial charge < -0.3 is 14.2 Å². The first-order valence-electron chi connectivity index (χ1n) is 11.0. The number of Topliss-reactive ketones (excluding diaryl/α,β-unsaturated/α-hetero) is 1. The molecule has 31 heavy (non-hydrogen) atoms. The number of aryl methyl sites for hydroxylation is 1. The van der Waals surface area contributed by atoms with E-state index in [1.165, 1.54) is 13.5 Å². The normalized spacial score (nSPS) is 22.6. The number of carbonyl (C=O) groups excluding carboxylic acids is 2. The van der Waals surface area contributed by atoms with Crippen LogP contribution in [0.15, 0.2) is 41.3 Å². The van der Waals surface area contributed by atoms with E-state index in [-0.39, 0.29) is 41.3 Å². The predicted octanol–water partition coefficient (Wildman–Crippen LogP) is 2.32. The van der Waals surface area contributed by atoms with E-state index in [1.54, 1.807) is 10.8 Å². The molecule has 0 radical (unpaired) electrons. The summed E-state index contributed by atoms with van der Waals surface area (Å²) in [6, 6.07) is 10.3. The average molecular weight is 421 g/mol. The SMILES string of the molecule is COc1c2n(cc(C(=O)CCc3ccccc3)c1=O)C[C@@H]1N(CC[C@@H]3CCCN31)C2=O. The van der Waals surface area contributed by atoms with Crippen LogP contribution in [0.25, 0.3) is 0 Å². The zero-order chi connectivity index (χ0) is 21.5. The first-order valence-corrected chi connectivity index (χ1v) is 11.0. The minimum Gasteiger partial charge on any atom is -0.491 e. The zero-order valence-electron chi connectivity index (χ0n) is 17.8. The Labute approximate surface area is 181 Å². The van der Waals surface area contributed by atoms with Crippen LogP contribution in [0, 0.1) is 0 Å². The Morgan fingerprint density at radius 3 is 2.71 bits per heavy atom. The molecule has 7 nitrogen and oxygen atoms in total. The topological polar surface area (TPSA) is 71.8 Å². The van der Waals surface area contributed by atoms with Gasteiger partial charge in [0, 0.05) is 31.7 Å². The minimum atomic E-state index is -0.491. The van der Waals surface area contributed by atoms with Crippen LogP contribution in [0.5, 0.6) is 5.75 Å². The fourth-order valence-electron chi connectivity index (χ4n) is 5.36. The third-order valence-corrected chi connectivity index (χ3v) is 6.92. The van der Waals surface area contributed by atoms with Crippen LogP contribution in [0.3, 0.4) is 0 Å². The van der Waals surface area contributed by atoms with Crippen molar-refractivity contribution in [1.29, 1.82) is 0 Å². The summed E-state index contributed by atoms with van der Waals surface area (Å²) >= 11 is 0. The molecule has 5 rings (SSSR count). The van der Waals surface area contributed by atoms with E-state index >= 15 is 0 Å². The van der Waals surface area contributed by atoms with Crippen molar-refractivity contribution in [2.24, 2.45) is 0 Å². The number of carbonyl (C=O) groups is 2. The molecule has 2 fully saturated rings. The van der Waals surface area contributed by atoms with Crippen LogP contribution in [0.4, 0.5) is 0 Å². The molecule has 0 saturated carbocycles. The highest BCUT2D eigenvalue weighted by Crippen LogP contribution is 2.34. The first-order chi connectivity index (χ1) is 15.1. The van der Waals surface area contributed by atoms with Crippen molar-refractivity contribution in [2.75, 3.05) is 20.2 Å². The molecule has 3 aliphatic heterocycles. The average Bonchev–Trinajstić information content (AvgIpc) is 3.28. The summed E-state index contributed by atoms with van der Waals surface area (Å²) < 4.78 is 7.17. The van der Waals surface area contributed by atoms with E-state index in [0.29, 0.717) is 25.6 Å². The molecule has 7 heteroatoms. The number of hydrogen-bond acceptors (Lipinski definition) is 5. The number of pyridine rings is 1. The van der Waals surface area contributed by atoms with Gasteiger partial charge in [0.2, 0.25) is 5.43 Å². The van der Waals surface area contributed by atoms with Gasteiger partial charge in [-0.2, -0.15) is 0 Å². The molecule has 1 amide bonds. The summed E-state index contributed by atoms with van der Waals surface area (Å²) in [7, 11) is 1.39. The summed E-state index contributed by atoms with van der Waals surface area (Å²) in [6.45, 7) is 2.22. The van der Waals surface area contributed by atoms with Crippen molar-refractivity contribution in [3.8, 4) is 5.75 Å². The molecule has 4 heterocycles. The van der Waals surface area contributed by atoms with E-state index in [0.717, 1.165) is 24.9 Å². The molecule has 2 atom stereocenters. The summed E-state index contributed by atoms with van der Waals surface area (Å²) in [6.07, 6.45) is 5.64. The molecule has 0 bridgehead atoms. The lowest BCUT2D eigenvalue weighted by molar-refractivity contribution is -0.0211. The van der Waals surface area contributed by atoms with Crippen molar-refractivity contribution in [1.82, 2.24) is 14.4 Å². The number of nitrogens with zero attached hydrogens (tertiary/aromatic N) is 3. The van der Waals surface area contributed by atoms with E-state index in [4.69, 9.17) is 4.74 Å². The first kappa shape index (κ1) is 20.0. The van der Waals surface area contributed by atoms with Gasteiger partial charge in [0.15, 0.2) is 17.2 Å². The number of fused-ring (bicyclic) bond motifs is 4. The maximum Gasteiger partial charge on any atom is 0.275 e. The Morgan fingerprint density at radius 1 is 1.13 bits per heavy atom. The van der Waals surface area contributed by atoms with Gasteiger partial charge in [-0.3, -0.25) is 19.3 Å². The number of rotatable bonds is 5. The van der Waals surface area contributed by atoms with Crippen LogP contribution in [-0.4, -0.2) is 58.5 Å². The fraction of sp³-hybridized carbons (Fsp3) is 0.458. The number of aromatic nitrogens is 1. The summed E-state index contributed by atoms with van der Waals surface area (Å²) in [5, 5.41) is 0. The Kier molecular flexibility index (Phi) is 5.14. The van der Waals surface area contributed by atoms with Crippen molar-refractivity contribution in [2.45, 2.75) is 50.9 Å². The predicted molar refractivity (Wildman–Crippen MR) is 116 cm³/mol. The highest BCUT2D eigenvalue weighted by Gasteiger charge is 2.45. The van der Waals surface area contributed by atoms with Gasteiger partial charge in [-0.25, -0.2) is 0 Å². The van der Waals surface area contributed by atoms with Crippen LogP contribution in [0.1, 0.15) is 52.1 Å². The smallest absolute Gasteiger partial charge is 0.275 e. The number of ether oxygens (including phenoxy) is 1. The molecule has 2 aromatic rings. The second kappa shape index (κ2) is 7.96. The molecule has 3 aliphatic rings. The van der Waals surface area contributed by atoms with Crippen LogP contribution >= 0.6 is 0 Å². The minimum absolute atomic E-state index is 0.0162. The second-order valence-corrected chi connectivity index (χ2v) is 8.62. The maximum atomic E-state index is 13.3. The van der Waals surface area contributed by atoms with E-state index in [2.05, 4.69) is 4.90 Å². The number of amides is 1. The Hall–Kier alpha value is -2.93. The van der Waals surface area contributed by atoms with Gasteiger partial charge in [0.25, 0.3) is 5.91 Å². The molecule has 0 spiro atoms. The summed E-state index contributed by atoms with van der Waals surface area (Å²) in [5.41, 5.74) is 0.927. The van der Waals surface area contributed by atoms with Gasteiger partial charge in [0.05, 0.1) is 19.2 Å². The molecule has 0 aliphatic carbocycles. The third-order valence-electron chi connectivity index (χ3n) is 6.92. The molecule has 0 unspecified atom stereocenters. The van der Waals surface area contributed by atoms with Crippen molar-refractivity contribution < 1.29 is 14.3 Å². The largest absolute Gasteiger partial charge is 0.491 e. The quantitative estimate of drug-likeness (QED) is 0.693.